The Labute approximate surface area is 168 Å². The maximum absolute atomic E-state index is 9.12. The molecular weight excluding hydrogens is 372 g/mol. The highest BCUT2D eigenvalue weighted by Crippen LogP contribution is 2.28. The normalized spacial score (nSPS) is 17.6. The number of rotatable bonds is 5. The van der Waals surface area contributed by atoms with Crippen molar-refractivity contribution >= 4 is 34.2 Å². The minimum Gasteiger partial charge on any atom is -0.356 e. The molecule has 0 radical (unpaired) electrons. The Bertz CT molecular complexity index is 1020. The van der Waals surface area contributed by atoms with Gasteiger partial charge in [-0.25, -0.2) is 9.97 Å². The number of halogens is 1. The van der Waals surface area contributed by atoms with Gasteiger partial charge >= 0.3 is 0 Å². The number of fused-ring (bicyclic) bond motifs is 1. The number of nitrogens with one attached hydrogen (secondary N) is 1. The number of piperidine rings is 1. The molecule has 0 saturated carbocycles. The summed E-state index contributed by atoms with van der Waals surface area (Å²) in [4.78, 5) is 18.4. The topological polar surface area (TPSA) is 81.0 Å². The lowest BCUT2D eigenvalue weighted by Crippen LogP contribution is -2.37. The highest BCUT2D eigenvalue weighted by molar-refractivity contribution is 6.30. The molecule has 1 aromatic carbocycles. The van der Waals surface area contributed by atoms with Gasteiger partial charge in [-0.3, -0.25) is 0 Å². The number of nitrogens with zero attached hydrogens (tertiary/aromatic N) is 5. The van der Waals surface area contributed by atoms with Gasteiger partial charge in [0.25, 0.3) is 0 Å². The zero-order valence-corrected chi connectivity index (χ0v) is 16.2. The Hall–Kier alpha value is -2.91. The molecule has 0 spiro atoms. The van der Waals surface area contributed by atoms with E-state index < -0.39 is 0 Å². The molecule has 1 aliphatic heterocycles. The molecule has 6 nitrogen and oxygen atoms in total. The first kappa shape index (κ1) is 18.5. The molecule has 1 N–H and O–H groups in total. The average Bonchev–Trinajstić information content (AvgIpc) is 3.19. The van der Waals surface area contributed by atoms with Crippen molar-refractivity contribution in [2.75, 3.05) is 18.0 Å². The van der Waals surface area contributed by atoms with Gasteiger partial charge in [-0.15, -0.1) is 0 Å². The molecule has 1 aliphatic rings. The monoisotopic (exact) mass is 392 g/mol. The highest BCUT2D eigenvalue weighted by Gasteiger charge is 2.24. The minimum absolute atomic E-state index is 0.442. The lowest BCUT2D eigenvalue weighted by atomic mass is 9.90. The quantitative estimate of drug-likeness (QED) is 0.516. The molecule has 142 valence electrons. The Balaban J connectivity index is 1.47. The van der Waals surface area contributed by atoms with E-state index in [2.05, 4.69) is 24.8 Å². The van der Waals surface area contributed by atoms with E-state index >= 15 is 0 Å². The van der Waals surface area contributed by atoms with Crippen LogP contribution in [0.1, 0.15) is 24.8 Å². The molecule has 1 unspecified atom stereocenters. The van der Waals surface area contributed by atoms with E-state index in [0.717, 1.165) is 60.5 Å². The van der Waals surface area contributed by atoms with Crippen LogP contribution in [0.5, 0.6) is 0 Å². The predicted octanol–water partition coefficient (Wildman–Crippen LogP) is 4.38. The van der Waals surface area contributed by atoms with Crippen molar-refractivity contribution in [3.05, 3.63) is 53.4 Å². The summed E-state index contributed by atoms with van der Waals surface area (Å²) in [5.74, 6) is 1.42. The summed E-state index contributed by atoms with van der Waals surface area (Å²) in [5.41, 5.74) is 2.91. The summed E-state index contributed by atoms with van der Waals surface area (Å²) in [5, 5.41) is 10.9. The largest absolute Gasteiger partial charge is 0.356 e. The minimum atomic E-state index is 0.442. The number of aromatic nitrogens is 3. The van der Waals surface area contributed by atoms with Gasteiger partial charge < -0.3 is 9.88 Å². The number of hydrogen-bond donors (Lipinski definition) is 1. The van der Waals surface area contributed by atoms with Crippen LogP contribution in [-0.4, -0.2) is 33.8 Å². The van der Waals surface area contributed by atoms with Crippen molar-refractivity contribution in [2.24, 2.45) is 10.9 Å². The smallest absolute Gasteiger partial charge is 0.205 e. The molecule has 2 aromatic heterocycles. The molecule has 0 amide bonds. The summed E-state index contributed by atoms with van der Waals surface area (Å²) in [6.45, 7) is 1.89. The number of anilines is 1. The molecule has 4 rings (SSSR count). The van der Waals surface area contributed by atoms with Gasteiger partial charge in [-0.2, -0.15) is 10.3 Å². The zero-order chi connectivity index (χ0) is 19.3. The maximum atomic E-state index is 9.12. The predicted molar refractivity (Wildman–Crippen MR) is 112 cm³/mol. The Morgan fingerprint density at radius 2 is 2.14 bits per heavy atom. The second kappa shape index (κ2) is 8.41. The third-order valence-corrected chi connectivity index (χ3v) is 5.46. The van der Waals surface area contributed by atoms with Crippen molar-refractivity contribution in [2.45, 2.75) is 25.7 Å². The van der Waals surface area contributed by atoms with Crippen LogP contribution < -0.4 is 4.90 Å². The molecule has 7 heteroatoms. The third kappa shape index (κ3) is 4.15. The van der Waals surface area contributed by atoms with Gasteiger partial charge in [0.2, 0.25) is 6.19 Å². The van der Waals surface area contributed by atoms with E-state index in [0.29, 0.717) is 17.4 Å². The second-order valence-electron chi connectivity index (χ2n) is 7.18. The molecule has 1 fully saturated rings. The van der Waals surface area contributed by atoms with Crippen LogP contribution in [0.25, 0.3) is 11.0 Å². The Kier molecular flexibility index (Phi) is 5.54. The molecule has 28 heavy (non-hydrogen) atoms. The van der Waals surface area contributed by atoms with Gasteiger partial charge in [-0.1, -0.05) is 23.7 Å². The Morgan fingerprint density at radius 3 is 2.96 bits per heavy atom. The summed E-state index contributed by atoms with van der Waals surface area (Å²) in [6.07, 6.45) is 9.20. The molecule has 0 bridgehead atoms. The van der Waals surface area contributed by atoms with Crippen LogP contribution in [0.4, 0.5) is 5.82 Å². The SMILES string of the molecule is N#CN=C(Cc1ccc(Cl)cc1)CC1CCCN(c2ncnc3[nH]ccc23)C1. The van der Waals surface area contributed by atoms with Gasteiger partial charge in [0, 0.05) is 36.4 Å². The first-order chi connectivity index (χ1) is 13.7. The van der Waals surface area contributed by atoms with Crippen LogP contribution in [-0.2, 0) is 6.42 Å². The summed E-state index contributed by atoms with van der Waals surface area (Å²) in [7, 11) is 0. The first-order valence-corrected chi connectivity index (χ1v) is 9.82. The number of aromatic amines is 1. The lowest BCUT2D eigenvalue weighted by Gasteiger charge is -2.34. The van der Waals surface area contributed by atoms with Crippen molar-refractivity contribution < 1.29 is 0 Å². The van der Waals surface area contributed by atoms with Crippen LogP contribution in [0.2, 0.25) is 5.02 Å². The van der Waals surface area contributed by atoms with Gasteiger partial charge in [-0.05, 0) is 48.9 Å². The lowest BCUT2D eigenvalue weighted by molar-refractivity contribution is 0.424. The van der Waals surface area contributed by atoms with Crippen molar-refractivity contribution in [1.82, 2.24) is 15.0 Å². The first-order valence-electron chi connectivity index (χ1n) is 9.45. The molecule has 1 atom stereocenters. The second-order valence-corrected chi connectivity index (χ2v) is 7.61. The highest BCUT2D eigenvalue weighted by atomic mass is 35.5. The number of hydrogen-bond acceptors (Lipinski definition) is 5. The number of benzene rings is 1. The van der Waals surface area contributed by atoms with E-state index in [-0.39, 0.29) is 0 Å². The summed E-state index contributed by atoms with van der Waals surface area (Å²) < 4.78 is 0. The maximum Gasteiger partial charge on any atom is 0.205 e. The number of aliphatic imine (C=N–C) groups is 1. The number of H-pyrrole nitrogens is 1. The van der Waals surface area contributed by atoms with Crippen LogP contribution in [0.3, 0.4) is 0 Å². The van der Waals surface area contributed by atoms with Crippen LogP contribution in [0.15, 0.2) is 47.8 Å². The zero-order valence-electron chi connectivity index (χ0n) is 15.5. The number of nitriles is 1. The summed E-state index contributed by atoms with van der Waals surface area (Å²) in [6, 6.07) is 9.76. The van der Waals surface area contributed by atoms with E-state index in [1.807, 2.05) is 42.7 Å². The standard InChI is InChI=1S/C21H21ClN6/c22-17-5-3-15(4-6-17)10-18(25-13-23)11-16-2-1-9-28(12-16)21-19-7-8-24-20(19)26-14-27-21/h3-8,14,16H,1-2,9-12H2,(H,24,26,27). The Morgan fingerprint density at radius 1 is 1.29 bits per heavy atom. The molecule has 1 saturated heterocycles. The molecule has 3 aromatic rings. The fraction of sp³-hybridized carbons (Fsp3) is 0.333. The fourth-order valence-electron chi connectivity index (χ4n) is 3.93. The molecular formula is C21H21ClN6. The average molecular weight is 393 g/mol. The van der Waals surface area contributed by atoms with E-state index in [1.54, 1.807) is 6.33 Å². The van der Waals surface area contributed by atoms with Gasteiger partial charge in [0.05, 0.1) is 5.39 Å². The van der Waals surface area contributed by atoms with Crippen molar-refractivity contribution in [3.63, 3.8) is 0 Å². The van der Waals surface area contributed by atoms with Crippen LogP contribution in [0, 0.1) is 17.4 Å². The van der Waals surface area contributed by atoms with E-state index in [1.165, 1.54) is 0 Å². The van der Waals surface area contributed by atoms with Crippen molar-refractivity contribution in [1.29, 1.82) is 5.26 Å². The van der Waals surface area contributed by atoms with Crippen LogP contribution >= 0.6 is 11.6 Å². The van der Waals surface area contributed by atoms with E-state index in [9.17, 15) is 0 Å². The van der Waals surface area contributed by atoms with Gasteiger partial charge in [0.1, 0.15) is 17.8 Å². The molecule has 3 heterocycles. The fourth-order valence-corrected chi connectivity index (χ4v) is 4.06. The molecule has 0 aliphatic carbocycles. The summed E-state index contributed by atoms with van der Waals surface area (Å²) >= 11 is 5.97. The van der Waals surface area contributed by atoms with Gasteiger partial charge in [0.15, 0.2) is 0 Å². The third-order valence-electron chi connectivity index (χ3n) is 5.21. The van der Waals surface area contributed by atoms with E-state index in [4.69, 9.17) is 16.9 Å². The van der Waals surface area contributed by atoms with Crippen molar-refractivity contribution in [3.8, 4) is 6.19 Å².